The summed E-state index contributed by atoms with van der Waals surface area (Å²) in [4.78, 5) is 15.5. The molecule has 11 heteroatoms. The average Bonchev–Trinajstić information content (AvgIpc) is 2.71. The number of pyridine rings is 1. The third-order valence-electron chi connectivity index (χ3n) is 4.26. The van der Waals surface area contributed by atoms with E-state index in [2.05, 4.69) is 26.2 Å². The van der Waals surface area contributed by atoms with Gasteiger partial charge in [0.2, 0.25) is 0 Å². The van der Waals surface area contributed by atoms with Crippen LogP contribution in [0.25, 0.3) is 0 Å². The summed E-state index contributed by atoms with van der Waals surface area (Å²) in [7, 11) is 0. The first-order valence-corrected chi connectivity index (χ1v) is 9.82. The van der Waals surface area contributed by atoms with Gasteiger partial charge >= 0.3 is 6.09 Å². The number of rotatable bonds is 4. The topological polar surface area (TPSA) is 101 Å². The highest BCUT2D eigenvalue weighted by atomic mass is 79.9. The Balaban J connectivity index is 0.000000297. The quantitative estimate of drug-likeness (QED) is 0.593. The molecule has 3 rings (SSSR count). The minimum absolute atomic E-state index is 0.0735. The van der Waals surface area contributed by atoms with Gasteiger partial charge in [0.15, 0.2) is 11.6 Å². The van der Waals surface area contributed by atoms with Gasteiger partial charge in [0.1, 0.15) is 11.9 Å². The molecule has 2 heterocycles. The number of aromatic nitrogens is 1. The molecular weight excluding hydrogens is 469 g/mol. The van der Waals surface area contributed by atoms with Crippen LogP contribution in [0.15, 0.2) is 34.9 Å². The Morgan fingerprint density at radius 1 is 1.30 bits per heavy atom. The summed E-state index contributed by atoms with van der Waals surface area (Å²) in [5.74, 6) is -0.244. The molecule has 30 heavy (non-hydrogen) atoms. The van der Waals surface area contributed by atoms with Crippen molar-refractivity contribution in [1.82, 2.24) is 15.2 Å². The number of nitrogens with zero attached hydrogens (tertiary/aromatic N) is 2. The van der Waals surface area contributed by atoms with Crippen molar-refractivity contribution in [2.75, 3.05) is 31.9 Å². The number of alkyl halides is 2. The second-order valence-electron chi connectivity index (χ2n) is 6.39. The Morgan fingerprint density at radius 3 is 2.53 bits per heavy atom. The van der Waals surface area contributed by atoms with Crippen molar-refractivity contribution < 1.29 is 27.8 Å². The number of nitrogen functional groups attached to an aromatic ring is 1. The van der Waals surface area contributed by atoms with Crippen LogP contribution >= 0.6 is 15.9 Å². The lowest BCUT2D eigenvalue weighted by Crippen LogP contribution is -2.45. The van der Waals surface area contributed by atoms with Gasteiger partial charge < -0.3 is 25.8 Å². The minimum atomic E-state index is -2.72. The number of nitrogens with one attached hydrogen (secondary N) is 1. The molecule has 0 spiro atoms. The Morgan fingerprint density at radius 2 is 1.97 bits per heavy atom. The summed E-state index contributed by atoms with van der Waals surface area (Å²) in [6, 6.07) is 4.65. The lowest BCUT2D eigenvalue weighted by Gasteiger charge is -2.23. The van der Waals surface area contributed by atoms with Crippen molar-refractivity contribution in [1.29, 1.82) is 0 Å². The molecule has 1 fully saturated rings. The number of piperazine rings is 1. The molecule has 4 N–H and O–H groups in total. The van der Waals surface area contributed by atoms with E-state index in [1.807, 2.05) is 0 Å². The van der Waals surface area contributed by atoms with Gasteiger partial charge in [-0.2, -0.15) is 0 Å². The number of anilines is 1. The zero-order chi connectivity index (χ0) is 22.3. The summed E-state index contributed by atoms with van der Waals surface area (Å²) < 4.78 is 45.4. The lowest BCUT2D eigenvalue weighted by molar-refractivity contribution is 0.139. The van der Waals surface area contributed by atoms with Crippen molar-refractivity contribution in [3.8, 4) is 5.75 Å². The minimum Gasteiger partial charge on any atom is -0.482 e. The van der Waals surface area contributed by atoms with E-state index in [4.69, 9.17) is 15.6 Å². The first-order valence-electron chi connectivity index (χ1n) is 9.02. The van der Waals surface area contributed by atoms with Gasteiger partial charge in [-0.05, 0) is 41.1 Å². The molecule has 0 radical (unpaired) electrons. The molecule has 1 saturated heterocycles. The molecule has 0 aliphatic carbocycles. The molecule has 1 amide bonds. The predicted octanol–water partition coefficient (Wildman–Crippen LogP) is 4.21. The van der Waals surface area contributed by atoms with Crippen molar-refractivity contribution in [2.45, 2.75) is 19.5 Å². The molecule has 1 atom stereocenters. The van der Waals surface area contributed by atoms with E-state index in [1.165, 1.54) is 11.1 Å². The summed E-state index contributed by atoms with van der Waals surface area (Å²) in [5.41, 5.74) is 5.47. The normalized spacial score (nSPS) is 14.7. The monoisotopic (exact) mass is 490 g/mol. The maximum absolute atomic E-state index is 13.3. The number of benzene rings is 1. The van der Waals surface area contributed by atoms with Crippen molar-refractivity contribution in [3.05, 3.63) is 51.9 Å². The fraction of sp³-hybridized carbons (Fsp3) is 0.368. The van der Waals surface area contributed by atoms with Crippen LogP contribution in [0.5, 0.6) is 5.75 Å². The smallest absolute Gasteiger partial charge is 0.407 e. The van der Waals surface area contributed by atoms with Gasteiger partial charge in [-0.3, -0.25) is 0 Å². The van der Waals surface area contributed by atoms with E-state index in [0.29, 0.717) is 17.6 Å². The highest BCUT2D eigenvalue weighted by Crippen LogP contribution is 2.33. The molecular formula is C19H22BrF3N4O3. The molecule has 0 bridgehead atoms. The van der Waals surface area contributed by atoms with Crippen LogP contribution in [-0.2, 0) is 0 Å². The Labute approximate surface area is 180 Å². The van der Waals surface area contributed by atoms with Crippen molar-refractivity contribution >= 4 is 27.8 Å². The molecule has 7 nitrogen and oxygen atoms in total. The largest absolute Gasteiger partial charge is 0.482 e. The van der Waals surface area contributed by atoms with Gasteiger partial charge in [0, 0.05) is 48.0 Å². The fourth-order valence-electron chi connectivity index (χ4n) is 2.73. The summed E-state index contributed by atoms with van der Waals surface area (Å²) in [5, 5.41) is 11.5. The highest BCUT2D eigenvalue weighted by molar-refractivity contribution is 9.10. The molecule has 1 aliphatic heterocycles. The molecule has 2 aromatic rings. The molecule has 0 saturated carbocycles. The van der Waals surface area contributed by atoms with Gasteiger partial charge in [0.05, 0.1) is 0 Å². The third-order valence-corrected chi connectivity index (χ3v) is 4.70. The van der Waals surface area contributed by atoms with E-state index >= 15 is 0 Å². The number of hydrogen-bond donors (Lipinski definition) is 3. The van der Waals surface area contributed by atoms with Gasteiger partial charge in [-0.15, -0.1) is 0 Å². The molecule has 164 valence electrons. The van der Waals surface area contributed by atoms with E-state index < -0.39 is 24.4 Å². The van der Waals surface area contributed by atoms with Crippen LogP contribution in [0.4, 0.5) is 23.8 Å². The van der Waals surface area contributed by atoms with Gasteiger partial charge in [0.25, 0.3) is 6.43 Å². The molecule has 1 aliphatic rings. The maximum atomic E-state index is 13.3. The molecule has 1 aromatic heterocycles. The predicted molar refractivity (Wildman–Crippen MR) is 109 cm³/mol. The third kappa shape index (κ3) is 6.77. The van der Waals surface area contributed by atoms with Crippen LogP contribution in [0.3, 0.4) is 0 Å². The van der Waals surface area contributed by atoms with E-state index in [1.54, 1.807) is 13.0 Å². The standard InChI is InChI=1S/C14H12BrF3N2O.C5H10N2O2/c1-7(21-12-4-8(15)6-20-14(12)19)11-5-9(16)2-3-10(11)13(17)18;8-5(9)7-3-1-6-2-4-7/h2-7,13H,1H3,(H2,19,20);6H,1-4H2,(H,8,9). The SMILES string of the molecule is CC(Oc1cc(Br)cnc1N)c1cc(F)ccc1C(F)F.O=C(O)N1CCNCC1. The highest BCUT2D eigenvalue weighted by Gasteiger charge is 2.20. The number of ether oxygens (including phenoxy) is 1. The van der Waals surface area contributed by atoms with Crippen molar-refractivity contribution in [3.63, 3.8) is 0 Å². The number of nitrogens with two attached hydrogens (primary N) is 1. The summed E-state index contributed by atoms with van der Waals surface area (Å²) in [6.07, 6.45) is -2.84. The average molecular weight is 491 g/mol. The second kappa shape index (κ2) is 11.0. The number of carboxylic acid groups (broad SMARTS) is 1. The molecule has 1 aromatic carbocycles. The van der Waals surface area contributed by atoms with E-state index in [-0.39, 0.29) is 22.7 Å². The van der Waals surface area contributed by atoms with Crippen LogP contribution in [0.2, 0.25) is 0 Å². The summed E-state index contributed by atoms with van der Waals surface area (Å²) >= 11 is 3.21. The van der Waals surface area contributed by atoms with E-state index in [0.717, 1.165) is 31.3 Å². The van der Waals surface area contributed by atoms with Crippen LogP contribution in [-0.4, -0.2) is 47.3 Å². The Hall–Kier alpha value is -2.53. The number of carbonyl (C=O) groups is 1. The summed E-state index contributed by atoms with van der Waals surface area (Å²) in [6.45, 7) is 4.35. The van der Waals surface area contributed by atoms with Gasteiger partial charge in [-0.25, -0.2) is 22.9 Å². The first kappa shape index (κ1) is 23.7. The number of hydrogen-bond acceptors (Lipinski definition) is 5. The Bertz CT molecular complexity index is 867. The van der Waals surface area contributed by atoms with Crippen LogP contribution in [0.1, 0.15) is 30.6 Å². The van der Waals surface area contributed by atoms with Crippen LogP contribution < -0.4 is 15.8 Å². The number of amides is 1. The van der Waals surface area contributed by atoms with E-state index in [9.17, 15) is 18.0 Å². The van der Waals surface area contributed by atoms with Crippen LogP contribution in [0, 0.1) is 5.82 Å². The van der Waals surface area contributed by atoms with Gasteiger partial charge in [-0.1, -0.05) is 6.07 Å². The fourth-order valence-corrected chi connectivity index (χ4v) is 3.04. The molecule has 1 unspecified atom stereocenters. The lowest BCUT2D eigenvalue weighted by atomic mass is 10.0. The Kier molecular flexibility index (Phi) is 8.72. The maximum Gasteiger partial charge on any atom is 0.407 e. The number of halogens is 4. The zero-order valence-electron chi connectivity index (χ0n) is 16.1. The van der Waals surface area contributed by atoms with Crippen molar-refractivity contribution in [2.24, 2.45) is 0 Å². The second-order valence-corrected chi connectivity index (χ2v) is 7.31. The zero-order valence-corrected chi connectivity index (χ0v) is 17.7. The first-order chi connectivity index (χ1) is 14.2.